The zero-order valence-corrected chi connectivity index (χ0v) is 16.9. The molecule has 2 N–H and O–H groups in total. The second kappa shape index (κ2) is 9.03. The number of nitrogens with one attached hydrogen (secondary N) is 2. The summed E-state index contributed by atoms with van der Waals surface area (Å²) in [7, 11) is 1.56. The number of aromatic nitrogens is 6. The van der Waals surface area contributed by atoms with Gasteiger partial charge < -0.3 is 20.1 Å². The number of carbonyl (C=O) groups is 1. The quantitative estimate of drug-likeness (QED) is 0.463. The summed E-state index contributed by atoms with van der Waals surface area (Å²) in [6.07, 6.45) is 2.76. The van der Waals surface area contributed by atoms with Crippen LogP contribution in [0.25, 0.3) is 16.9 Å². The van der Waals surface area contributed by atoms with E-state index in [0.717, 1.165) is 11.3 Å². The number of anilines is 2. The van der Waals surface area contributed by atoms with Crippen LogP contribution in [0.3, 0.4) is 0 Å². The summed E-state index contributed by atoms with van der Waals surface area (Å²) in [6, 6.07) is 11.1. The largest absolute Gasteiger partial charge is 0.481 e. The number of nitrogens with zero attached hydrogens (tertiary/aromatic N) is 6. The summed E-state index contributed by atoms with van der Waals surface area (Å²) in [6.45, 7) is 2.40. The molecule has 11 heteroatoms. The Morgan fingerprint density at radius 1 is 1.16 bits per heavy atom. The summed E-state index contributed by atoms with van der Waals surface area (Å²) in [5, 5.41) is 14.1. The molecule has 0 fully saturated rings. The van der Waals surface area contributed by atoms with Crippen LogP contribution < -0.4 is 15.4 Å². The molecule has 0 spiro atoms. The molecule has 0 saturated heterocycles. The average molecular weight is 420 g/mol. The second-order valence-corrected chi connectivity index (χ2v) is 6.36. The molecule has 3 heterocycles. The Hall–Kier alpha value is -4.28. The average Bonchev–Trinajstić information content (AvgIpc) is 3.22. The van der Waals surface area contributed by atoms with Crippen molar-refractivity contribution in [1.29, 1.82) is 0 Å². The highest BCUT2D eigenvalue weighted by Crippen LogP contribution is 2.19. The van der Waals surface area contributed by atoms with Crippen LogP contribution in [0.5, 0.6) is 5.88 Å². The molecule has 0 saturated carbocycles. The van der Waals surface area contributed by atoms with E-state index in [2.05, 4.69) is 35.9 Å². The highest BCUT2D eigenvalue weighted by Gasteiger charge is 2.11. The molecule has 11 nitrogen and oxygen atoms in total. The third-order valence-electron chi connectivity index (χ3n) is 4.26. The molecular formula is C20H20N8O3. The fraction of sp³-hybridized carbons (Fsp3) is 0.200. The lowest BCUT2D eigenvalue weighted by Gasteiger charge is -2.08. The molecule has 4 rings (SSSR count). The molecule has 158 valence electrons. The first-order chi connectivity index (χ1) is 15.2. The topological polar surface area (TPSA) is 129 Å². The molecule has 3 aromatic heterocycles. The SMILES string of the molecule is CCOC(=O)NCc1cccc(-n2nnc3cnc(Nc4ccc(OC)nc4)nc32)c1. The first-order valence-corrected chi connectivity index (χ1v) is 9.51. The number of hydrogen-bond donors (Lipinski definition) is 2. The van der Waals surface area contributed by atoms with E-state index in [9.17, 15) is 4.79 Å². The molecule has 1 amide bonds. The summed E-state index contributed by atoms with van der Waals surface area (Å²) in [5.41, 5.74) is 3.43. The van der Waals surface area contributed by atoms with Crippen LogP contribution in [0.4, 0.5) is 16.4 Å². The summed E-state index contributed by atoms with van der Waals surface area (Å²) in [5.74, 6) is 0.893. The minimum absolute atomic E-state index is 0.319. The number of hydrogen-bond acceptors (Lipinski definition) is 9. The van der Waals surface area contributed by atoms with Gasteiger partial charge in [0.1, 0.15) is 0 Å². The molecule has 0 unspecified atom stereocenters. The summed E-state index contributed by atoms with van der Waals surface area (Å²) >= 11 is 0. The number of amides is 1. The van der Waals surface area contributed by atoms with Crippen molar-refractivity contribution >= 4 is 28.9 Å². The van der Waals surface area contributed by atoms with E-state index in [1.54, 1.807) is 37.2 Å². The normalized spacial score (nSPS) is 10.6. The number of methoxy groups -OCH3 is 1. The molecule has 0 aliphatic rings. The van der Waals surface area contributed by atoms with Gasteiger partial charge in [0, 0.05) is 12.6 Å². The number of pyridine rings is 1. The highest BCUT2D eigenvalue weighted by atomic mass is 16.5. The Labute approximate surface area is 177 Å². The van der Waals surface area contributed by atoms with E-state index >= 15 is 0 Å². The molecule has 0 aliphatic heterocycles. The van der Waals surface area contributed by atoms with Crippen molar-refractivity contribution in [3.63, 3.8) is 0 Å². The van der Waals surface area contributed by atoms with Crippen LogP contribution in [-0.2, 0) is 11.3 Å². The Bertz CT molecular complexity index is 1190. The zero-order valence-electron chi connectivity index (χ0n) is 16.9. The Morgan fingerprint density at radius 2 is 2.06 bits per heavy atom. The highest BCUT2D eigenvalue weighted by molar-refractivity contribution is 5.73. The van der Waals surface area contributed by atoms with Gasteiger partial charge in [0.05, 0.1) is 37.5 Å². The van der Waals surface area contributed by atoms with Gasteiger partial charge in [-0.05, 0) is 30.7 Å². The lowest BCUT2D eigenvalue weighted by Crippen LogP contribution is -2.23. The number of ether oxygens (including phenoxy) is 2. The van der Waals surface area contributed by atoms with Crippen molar-refractivity contribution in [2.24, 2.45) is 0 Å². The van der Waals surface area contributed by atoms with Crippen LogP contribution in [-0.4, -0.2) is 49.8 Å². The van der Waals surface area contributed by atoms with Gasteiger partial charge in [-0.25, -0.2) is 14.8 Å². The van der Waals surface area contributed by atoms with E-state index in [4.69, 9.17) is 9.47 Å². The van der Waals surface area contributed by atoms with Gasteiger partial charge in [-0.3, -0.25) is 0 Å². The zero-order chi connectivity index (χ0) is 21.6. The van der Waals surface area contributed by atoms with Gasteiger partial charge in [-0.15, -0.1) is 5.10 Å². The van der Waals surface area contributed by atoms with Gasteiger partial charge >= 0.3 is 6.09 Å². The van der Waals surface area contributed by atoms with Crippen molar-refractivity contribution in [1.82, 2.24) is 35.3 Å². The predicted octanol–water partition coefficient (Wildman–Crippen LogP) is 2.60. The standard InChI is InChI=1S/C20H20N8O3/c1-3-31-20(29)23-10-13-5-4-6-15(9-13)28-18-16(26-27-28)12-22-19(25-18)24-14-7-8-17(30-2)21-11-14/h4-9,11-12H,3,10H2,1-2H3,(H,23,29)(H,22,24,25). The van der Waals surface area contributed by atoms with Crippen molar-refractivity contribution in [2.45, 2.75) is 13.5 Å². The maximum absolute atomic E-state index is 11.5. The van der Waals surface area contributed by atoms with Crippen molar-refractivity contribution < 1.29 is 14.3 Å². The van der Waals surface area contributed by atoms with E-state index in [0.29, 0.717) is 41.8 Å². The third-order valence-corrected chi connectivity index (χ3v) is 4.26. The molecule has 1 aromatic carbocycles. The van der Waals surface area contributed by atoms with Gasteiger partial charge in [-0.2, -0.15) is 9.67 Å². The molecular weight excluding hydrogens is 400 g/mol. The van der Waals surface area contributed by atoms with Crippen molar-refractivity contribution in [2.75, 3.05) is 19.0 Å². The molecule has 4 aromatic rings. The van der Waals surface area contributed by atoms with Gasteiger partial charge in [0.15, 0.2) is 11.2 Å². The monoisotopic (exact) mass is 420 g/mol. The summed E-state index contributed by atoms with van der Waals surface area (Å²) in [4.78, 5) is 24.5. The van der Waals surface area contributed by atoms with Crippen molar-refractivity contribution in [3.05, 3.63) is 54.4 Å². The second-order valence-electron chi connectivity index (χ2n) is 6.36. The van der Waals surface area contributed by atoms with E-state index < -0.39 is 6.09 Å². The summed E-state index contributed by atoms with van der Waals surface area (Å²) < 4.78 is 11.6. The number of fused-ring (bicyclic) bond motifs is 1. The van der Waals surface area contributed by atoms with Gasteiger partial charge in [0.25, 0.3) is 0 Å². The molecule has 0 radical (unpaired) electrons. The van der Waals surface area contributed by atoms with Crippen molar-refractivity contribution in [3.8, 4) is 11.6 Å². The lowest BCUT2D eigenvalue weighted by molar-refractivity contribution is 0.151. The number of alkyl carbamates (subject to hydrolysis) is 1. The van der Waals surface area contributed by atoms with Crippen LogP contribution in [0.15, 0.2) is 48.8 Å². The van der Waals surface area contributed by atoms with E-state index in [-0.39, 0.29) is 0 Å². The van der Waals surface area contributed by atoms with Crippen LogP contribution in [0, 0.1) is 0 Å². The number of rotatable bonds is 7. The molecule has 0 atom stereocenters. The van der Waals surface area contributed by atoms with Gasteiger partial charge in [-0.1, -0.05) is 17.3 Å². The minimum atomic E-state index is -0.462. The van der Waals surface area contributed by atoms with Crippen LogP contribution >= 0.6 is 0 Å². The number of benzene rings is 1. The van der Waals surface area contributed by atoms with E-state index in [1.165, 1.54) is 0 Å². The van der Waals surface area contributed by atoms with Crippen LogP contribution in [0.2, 0.25) is 0 Å². The van der Waals surface area contributed by atoms with E-state index in [1.807, 2.05) is 30.3 Å². The Morgan fingerprint density at radius 3 is 2.84 bits per heavy atom. The third kappa shape index (κ3) is 4.66. The smallest absolute Gasteiger partial charge is 0.407 e. The fourth-order valence-corrected chi connectivity index (χ4v) is 2.82. The predicted molar refractivity (Wildman–Crippen MR) is 112 cm³/mol. The first kappa shape index (κ1) is 20.0. The maximum Gasteiger partial charge on any atom is 0.407 e. The fourth-order valence-electron chi connectivity index (χ4n) is 2.82. The minimum Gasteiger partial charge on any atom is -0.481 e. The molecule has 0 bridgehead atoms. The van der Waals surface area contributed by atoms with Crippen LogP contribution in [0.1, 0.15) is 12.5 Å². The lowest BCUT2D eigenvalue weighted by atomic mass is 10.2. The molecule has 31 heavy (non-hydrogen) atoms. The van der Waals surface area contributed by atoms with Gasteiger partial charge in [0.2, 0.25) is 11.8 Å². The number of carbonyl (C=O) groups excluding carboxylic acids is 1. The maximum atomic E-state index is 11.5. The Balaban J connectivity index is 1.57. The molecule has 0 aliphatic carbocycles. The first-order valence-electron chi connectivity index (χ1n) is 9.51. The Kier molecular flexibility index (Phi) is 5.83.